The van der Waals surface area contributed by atoms with Crippen LogP contribution >= 0.6 is 0 Å². The molecule has 2 aromatic carbocycles. The fourth-order valence-corrected chi connectivity index (χ4v) is 3.07. The molecule has 0 fully saturated rings. The lowest BCUT2D eigenvalue weighted by atomic mass is 9.87. The van der Waals surface area contributed by atoms with Crippen molar-refractivity contribution in [3.63, 3.8) is 0 Å². The van der Waals surface area contributed by atoms with Crippen LogP contribution in [-0.2, 0) is 11.3 Å². The van der Waals surface area contributed by atoms with Crippen LogP contribution in [0, 0.1) is 6.92 Å². The molecule has 0 bridgehead atoms. The minimum absolute atomic E-state index is 0.210. The van der Waals surface area contributed by atoms with E-state index in [9.17, 15) is 9.90 Å². The van der Waals surface area contributed by atoms with Gasteiger partial charge in [0.25, 0.3) is 0 Å². The van der Waals surface area contributed by atoms with Crippen LogP contribution in [0.4, 0.5) is 0 Å². The number of rotatable bonds is 4. The van der Waals surface area contributed by atoms with E-state index < -0.39 is 5.97 Å². The van der Waals surface area contributed by atoms with Gasteiger partial charge in [-0.1, -0.05) is 66.2 Å². The predicted molar refractivity (Wildman–Crippen MR) is 95.4 cm³/mol. The van der Waals surface area contributed by atoms with Crippen molar-refractivity contribution in [2.45, 2.75) is 26.3 Å². The molecule has 1 unspecified atom stereocenters. The summed E-state index contributed by atoms with van der Waals surface area (Å²) in [5, 5.41) is 9.74. The first kappa shape index (κ1) is 16.1. The van der Waals surface area contributed by atoms with Crippen molar-refractivity contribution in [1.82, 2.24) is 4.90 Å². The molecular formula is C21H21NO2. The van der Waals surface area contributed by atoms with Gasteiger partial charge in [0.05, 0.1) is 5.57 Å². The van der Waals surface area contributed by atoms with Gasteiger partial charge in [0.1, 0.15) is 0 Å². The number of carbonyl (C=O) groups is 1. The van der Waals surface area contributed by atoms with Crippen LogP contribution in [0.5, 0.6) is 0 Å². The minimum Gasteiger partial charge on any atom is -0.478 e. The molecule has 0 aromatic heterocycles. The first-order chi connectivity index (χ1) is 11.6. The van der Waals surface area contributed by atoms with Crippen molar-refractivity contribution in [3.05, 3.63) is 94.8 Å². The molecule has 122 valence electrons. The number of allylic oxidation sites excluding steroid dienone is 2. The van der Waals surface area contributed by atoms with E-state index in [1.165, 1.54) is 5.56 Å². The largest absolute Gasteiger partial charge is 0.478 e. The summed E-state index contributed by atoms with van der Waals surface area (Å²) < 4.78 is 0. The Morgan fingerprint density at radius 1 is 1.04 bits per heavy atom. The zero-order valence-corrected chi connectivity index (χ0v) is 13.9. The number of aliphatic carboxylic acids is 1. The van der Waals surface area contributed by atoms with Crippen molar-refractivity contribution >= 4 is 5.97 Å². The van der Waals surface area contributed by atoms with E-state index in [1.54, 1.807) is 0 Å². The number of hydrogen-bond donors (Lipinski definition) is 1. The van der Waals surface area contributed by atoms with Crippen LogP contribution in [0.15, 0.2) is 78.1 Å². The average molecular weight is 319 g/mol. The Bertz CT molecular complexity index is 788. The van der Waals surface area contributed by atoms with E-state index in [2.05, 4.69) is 31.2 Å². The molecule has 1 aliphatic rings. The van der Waals surface area contributed by atoms with E-state index in [0.29, 0.717) is 12.1 Å². The molecule has 3 nitrogen and oxygen atoms in total. The third-order valence-electron chi connectivity index (χ3n) is 4.45. The van der Waals surface area contributed by atoms with E-state index in [1.807, 2.05) is 54.4 Å². The summed E-state index contributed by atoms with van der Waals surface area (Å²) in [5.74, 6) is -1.07. The maximum atomic E-state index is 11.9. The SMILES string of the molecule is CC1=C(C(=O)O)C(c2ccccc2)C=CN1Cc1ccc(C)cc1. The van der Waals surface area contributed by atoms with Gasteiger partial charge >= 0.3 is 5.97 Å². The second-order valence-corrected chi connectivity index (χ2v) is 6.15. The Hall–Kier alpha value is -2.81. The number of nitrogens with zero attached hydrogens (tertiary/aromatic N) is 1. The number of carboxylic acids is 1. The van der Waals surface area contributed by atoms with Crippen LogP contribution < -0.4 is 0 Å². The van der Waals surface area contributed by atoms with Gasteiger partial charge in [0.15, 0.2) is 0 Å². The van der Waals surface area contributed by atoms with E-state index in [-0.39, 0.29) is 5.92 Å². The zero-order chi connectivity index (χ0) is 17.1. The van der Waals surface area contributed by atoms with Crippen LogP contribution in [0.25, 0.3) is 0 Å². The summed E-state index contributed by atoms with van der Waals surface area (Å²) >= 11 is 0. The molecule has 2 aromatic rings. The summed E-state index contributed by atoms with van der Waals surface area (Å²) in [5.41, 5.74) is 4.61. The summed E-state index contributed by atoms with van der Waals surface area (Å²) in [6.07, 6.45) is 3.97. The number of hydrogen-bond acceptors (Lipinski definition) is 2. The molecule has 24 heavy (non-hydrogen) atoms. The van der Waals surface area contributed by atoms with Gasteiger partial charge in [-0.05, 0) is 25.0 Å². The first-order valence-electron chi connectivity index (χ1n) is 8.06. The quantitative estimate of drug-likeness (QED) is 0.904. The smallest absolute Gasteiger partial charge is 0.334 e. The van der Waals surface area contributed by atoms with Gasteiger partial charge < -0.3 is 10.0 Å². The van der Waals surface area contributed by atoms with E-state index in [0.717, 1.165) is 16.8 Å². The molecular weight excluding hydrogens is 298 g/mol. The van der Waals surface area contributed by atoms with Crippen molar-refractivity contribution in [3.8, 4) is 0 Å². The van der Waals surface area contributed by atoms with Crippen LogP contribution in [0.1, 0.15) is 29.5 Å². The monoisotopic (exact) mass is 319 g/mol. The lowest BCUT2D eigenvalue weighted by Crippen LogP contribution is -2.25. The number of benzene rings is 2. The Labute approximate surface area is 142 Å². The second kappa shape index (κ2) is 6.75. The van der Waals surface area contributed by atoms with Gasteiger partial charge in [-0.15, -0.1) is 0 Å². The van der Waals surface area contributed by atoms with Crippen molar-refractivity contribution in [2.75, 3.05) is 0 Å². The maximum absolute atomic E-state index is 11.9. The molecule has 1 aliphatic heterocycles. The number of carboxylic acid groups (broad SMARTS) is 1. The zero-order valence-electron chi connectivity index (χ0n) is 13.9. The maximum Gasteiger partial charge on any atom is 0.334 e. The topological polar surface area (TPSA) is 40.5 Å². The van der Waals surface area contributed by atoms with Crippen molar-refractivity contribution < 1.29 is 9.90 Å². The molecule has 1 atom stereocenters. The highest BCUT2D eigenvalue weighted by atomic mass is 16.4. The summed E-state index contributed by atoms with van der Waals surface area (Å²) in [4.78, 5) is 13.9. The van der Waals surface area contributed by atoms with E-state index in [4.69, 9.17) is 0 Å². The molecule has 0 amide bonds. The molecule has 3 heteroatoms. The average Bonchev–Trinajstić information content (AvgIpc) is 2.59. The first-order valence-corrected chi connectivity index (χ1v) is 8.06. The summed E-state index contributed by atoms with van der Waals surface area (Å²) in [7, 11) is 0. The Morgan fingerprint density at radius 3 is 2.33 bits per heavy atom. The fraction of sp³-hybridized carbons (Fsp3) is 0.190. The van der Waals surface area contributed by atoms with Crippen LogP contribution in [0.3, 0.4) is 0 Å². The van der Waals surface area contributed by atoms with Gasteiger partial charge in [0.2, 0.25) is 0 Å². The Morgan fingerprint density at radius 2 is 1.71 bits per heavy atom. The highest BCUT2D eigenvalue weighted by Gasteiger charge is 2.27. The summed E-state index contributed by atoms with van der Waals surface area (Å²) in [6, 6.07) is 18.1. The van der Waals surface area contributed by atoms with Crippen molar-refractivity contribution in [1.29, 1.82) is 0 Å². The standard InChI is InChI=1S/C21H21NO2/c1-15-8-10-17(11-9-15)14-22-13-12-19(18-6-4-3-5-7-18)20(16(22)2)21(23)24/h3-13,19H,14H2,1-2H3,(H,23,24). The lowest BCUT2D eigenvalue weighted by Gasteiger charge is -2.30. The van der Waals surface area contributed by atoms with Gasteiger partial charge in [0, 0.05) is 24.4 Å². The molecule has 0 spiro atoms. The molecule has 1 N–H and O–H groups in total. The Balaban J connectivity index is 1.92. The summed E-state index contributed by atoms with van der Waals surface area (Å²) in [6.45, 7) is 4.61. The van der Waals surface area contributed by atoms with Gasteiger partial charge in [-0.25, -0.2) is 4.79 Å². The molecule has 0 saturated carbocycles. The minimum atomic E-state index is -0.861. The Kier molecular flexibility index (Phi) is 4.52. The number of aryl methyl sites for hydroxylation is 1. The fourth-order valence-electron chi connectivity index (χ4n) is 3.07. The highest BCUT2D eigenvalue weighted by molar-refractivity contribution is 5.90. The van der Waals surface area contributed by atoms with E-state index >= 15 is 0 Å². The lowest BCUT2D eigenvalue weighted by molar-refractivity contribution is -0.133. The van der Waals surface area contributed by atoms with Gasteiger partial charge in [-0.3, -0.25) is 0 Å². The van der Waals surface area contributed by atoms with Gasteiger partial charge in [-0.2, -0.15) is 0 Å². The molecule has 0 saturated heterocycles. The molecule has 3 rings (SSSR count). The highest BCUT2D eigenvalue weighted by Crippen LogP contribution is 2.34. The third kappa shape index (κ3) is 3.25. The normalized spacial score (nSPS) is 17.2. The van der Waals surface area contributed by atoms with Crippen LogP contribution in [0.2, 0.25) is 0 Å². The predicted octanol–water partition coefficient (Wildman–Crippen LogP) is 4.47. The third-order valence-corrected chi connectivity index (χ3v) is 4.45. The van der Waals surface area contributed by atoms with Crippen LogP contribution in [-0.4, -0.2) is 16.0 Å². The molecule has 0 aliphatic carbocycles. The molecule has 0 radical (unpaired) electrons. The molecule has 1 heterocycles. The van der Waals surface area contributed by atoms with Crippen molar-refractivity contribution in [2.24, 2.45) is 0 Å². The second-order valence-electron chi connectivity index (χ2n) is 6.15.